The third kappa shape index (κ3) is 1.45. The Hall–Kier alpha value is -1.46. The van der Waals surface area contributed by atoms with Crippen LogP contribution in [0, 0.1) is 18.8 Å². The van der Waals surface area contributed by atoms with Crippen LogP contribution < -0.4 is 4.90 Å². The number of hydrogen-bond donors (Lipinski definition) is 0. The molecule has 2 fully saturated rings. The number of halogens is 1. The number of aryl methyl sites for hydroxylation is 1. The Balaban J connectivity index is 1.76. The summed E-state index contributed by atoms with van der Waals surface area (Å²) in [4.78, 5) is 26.5. The molecule has 3 heterocycles. The van der Waals surface area contributed by atoms with Gasteiger partial charge in [0.25, 0.3) is 0 Å². The predicted molar refractivity (Wildman–Crippen MR) is 76.2 cm³/mol. The van der Waals surface area contributed by atoms with E-state index in [1.807, 2.05) is 31.2 Å². The van der Waals surface area contributed by atoms with E-state index in [-0.39, 0.29) is 35.9 Å². The van der Waals surface area contributed by atoms with Gasteiger partial charge in [-0.25, -0.2) is 4.90 Å². The van der Waals surface area contributed by atoms with Gasteiger partial charge in [-0.05, 0) is 30.7 Å². The molecule has 20 heavy (non-hydrogen) atoms. The molecule has 4 nitrogen and oxygen atoms in total. The molecule has 1 aromatic rings. The number of fused-ring (bicyclic) bond motifs is 5. The van der Waals surface area contributed by atoms with Gasteiger partial charge >= 0.3 is 0 Å². The largest absolute Gasteiger partial charge is 0.365 e. The van der Waals surface area contributed by atoms with Crippen molar-refractivity contribution in [3.8, 4) is 0 Å². The first-order valence-corrected chi connectivity index (χ1v) is 7.35. The molecule has 2 saturated heterocycles. The van der Waals surface area contributed by atoms with Crippen molar-refractivity contribution in [1.29, 1.82) is 0 Å². The summed E-state index contributed by atoms with van der Waals surface area (Å²) in [5, 5.41) is 0. The molecular formula is C15H12BrNO3. The Kier molecular flexibility index (Phi) is 2.47. The highest BCUT2D eigenvalue weighted by atomic mass is 79.9. The minimum absolute atomic E-state index is 0.140. The van der Waals surface area contributed by atoms with Gasteiger partial charge in [-0.3, -0.25) is 9.59 Å². The molecule has 2 amide bonds. The molecule has 0 spiro atoms. The summed E-state index contributed by atoms with van der Waals surface area (Å²) in [6, 6.07) is 5.52. The van der Waals surface area contributed by atoms with Gasteiger partial charge in [0.15, 0.2) is 0 Å². The molecule has 0 saturated carbocycles. The van der Waals surface area contributed by atoms with Gasteiger partial charge in [0, 0.05) is 4.47 Å². The van der Waals surface area contributed by atoms with Gasteiger partial charge in [0.05, 0.1) is 29.7 Å². The lowest BCUT2D eigenvalue weighted by atomic mass is 9.85. The highest BCUT2D eigenvalue weighted by Crippen LogP contribution is 2.46. The van der Waals surface area contributed by atoms with Crippen molar-refractivity contribution in [3.63, 3.8) is 0 Å². The lowest BCUT2D eigenvalue weighted by molar-refractivity contribution is -0.124. The Bertz CT molecular complexity index is 639. The van der Waals surface area contributed by atoms with Gasteiger partial charge < -0.3 is 4.74 Å². The van der Waals surface area contributed by atoms with Crippen molar-refractivity contribution in [2.24, 2.45) is 11.8 Å². The maximum atomic E-state index is 12.6. The monoisotopic (exact) mass is 333 g/mol. The average molecular weight is 334 g/mol. The number of carbonyl (C=O) groups is 2. The van der Waals surface area contributed by atoms with Crippen LogP contribution in [-0.4, -0.2) is 24.0 Å². The van der Waals surface area contributed by atoms with Gasteiger partial charge in [-0.15, -0.1) is 0 Å². The normalized spacial score (nSPS) is 34.2. The second-order valence-corrected chi connectivity index (χ2v) is 6.30. The van der Waals surface area contributed by atoms with E-state index in [0.29, 0.717) is 5.69 Å². The third-order valence-electron chi connectivity index (χ3n) is 4.31. The summed E-state index contributed by atoms with van der Waals surface area (Å²) in [7, 11) is 0. The lowest BCUT2D eigenvalue weighted by Gasteiger charge is -2.18. The standard InChI is InChI=1S/C15H12BrNO3/c1-7-6-8(2-3-9(7)16)17-14(18)12-10-4-5-11(20-10)13(12)15(17)19/h2-6,10-13H,1H3/t10-,11+,12-,13+. The van der Waals surface area contributed by atoms with Crippen molar-refractivity contribution in [2.45, 2.75) is 19.1 Å². The molecule has 0 aliphatic carbocycles. The molecule has 4 rings (SSSR count). The zero-order valence-corrected chi connectivity index (χ0v) is 12.3. The van der Waals surface area contributed by atoms with Crippen molar-refractivity contribution < 1.29 is 14.3 Å². The summed E-state index contributed by atoms with van der Waals surface area (Å²) in [5.41, 5.74) is 1.65. The van der Waals surface area contributed by atoms with E-state index in [1.54, 1.807) is 6.07 Å². The molecule has 0 aromatic heterocycles. The molecule has 0 unspecified atom stereocenters. The number of imide groups is 1. The number of amides is 2. The Morgan fingerprint density at radius 1 is 1.10 bits per heavy atom. The predicted octanol–water partition coefficient (Wildman–Crippen LogP) is 2.20. The maximum absolute atomic E-state index is 12.6. The van der Waals surface area contributed by atoms with Crippen molar-refractivity contribution in [3.05, 3.63) is 40.4 Å². The van der Waals surface area contributed by atoms with Crippen LogP contribution in [0.25, 0.3) is 0 Å². The van der Waals surface area contributed by atoms with E-state index < -0.39 is 0 Å². The number of anilines is 1. The van der Waals surface area contributed by atoms with Gasteiger partial charge in [-0.2, -0.15) is 0 Å². The summed E-state index contributed by atoms with van der Waals surface area (Å²) < 4.78 is 6.58. The highest BCUT2D eigenvalue weighted by molar-refractivity contribution is 9.10. The summed E-state index contributed by atoms with van der Waals surface area (Å²) >= 11 is 3.43. The van der Waals surface area contributed by atoms with Crippen LogP contribution in [0.4, 0.5) is 5.69 Å². The number of rotatable bonds is 1. The zero-order chi connectivity index (χ0) is 14.0. The maximum Gasteiger partial charge on any atom is 0.240 e. The minimum atomic E-state index is -0.346. The minimum Gasteiger partial charge on any atom is -0.365 e. The third-order valence-corrected chi connectivity index (χ3v) is 5.20. The van der Waals surface area contributed by atoms with E-state index in [2.05, 4.69) is 15.9 Å². The molecule has 2 bridgehead atoms. The molecular weight excluding hydrogens is 322 g/mol. The molecule has 4 atom stereocenters. The fourth-order valence-electron chi connectivity index (χ4n) is 3.33. The number of nitrogens with zero attached hydrogens (tertiary/aromatic N) is 1. The molecule has 3 aliphatic rings. The van der Waals surface area contributed by atoms with Crippen molar-refractivity contribution in [2.75, 3.05) is 4.90 Å². The summed E-state index contributed by atoms with van der Waals surface area (Å²) in [6.45, 7) is 1.94. The second-order valence-electron chi connectivity index (χ2n) is 5.45. The first kappa shape index (κ1) is 12.3. The van der Waals surface area contributed by atoms with Crippen LogP contribution in [0.15, 0.2) is 34.8 Å². The van der Waals surface area contributed by atoms with E-state index in [1.165, 1.54) is 4.90 Å². The van der Waals surface area contributed by atoms with Crippen molar-refractivity contribution >= 4 is 33.4 Å². The quantitative estimate of drug-likeness (QED) is 0.584. The number of benzene rings is 1. The molecule has 102 valence electrons. The molecule has 1 aromatic carbocycles. The molecule has 3 aliphatic heterocycles. The highest BCUT2D eigenvalue weighted by Gasteiger charge is 2.60. The van der Waals surface area contributed by atoms with Crippen LogP contribution in [0.5, 0.6) is 0 Å². The lowest BCUT2D eigenvalue weighted by Crippen LogP contribution is -2.34. The van der Waals surface area contributed by atoms with Gasteiger partial charge in [0.2, 0.25) is 11.8 Å². The Morgan fingerprint density at radius 3 is 2.25 bits per heavy atom. The first-order valence-electron chi connectivity index (χ1n) is 6.55. The zero-order valence-electron chi connectivity index (χ0n) is 10.7. The molecule has 5 heteroatoms. The van der Waals surface area contributed by atoms with Gasteiger partial charge in [0.1, 0.15) is 0 Å². The number of carbonyl (C=O) groups excluding carboxylic acids is 2. The second kappa shape index (κ2) is 4.02. The Labute approximate surface area is 124 Å². The Morgan fingerprint density at radius 2 is 1.70 bits per heavy atom. The topological polar surface area (TPSA) is 46.6 Å². The van der Waals surface area contributed by atoms with Crippen LogP contribution in [0.3, 0.4) is 0 Å². The average Bonchev–Trinajstić information content (AvgIpc) is 3.08. The fraction of sp³-hybridized carbons (Fsp3) is 0.333. The molecule has 0 radical (unpaired) electrons. The SMILES string of the molecule is Cc1cc(N2C(=O)[C@@H]3[C@H](C2=O)[C@H]2C=C[C@@H]3O2)ccc1Br. The smallest absolute Gasteiger partial charge is 0.240 e. The summed E-state index contributed by atoms with van der Waals surface area (Å²) in [5.74, 6) is -0.972. The van der Waals surface area contributed by atoms with E-state index >= 15 is 0 Å². The van der Waals surface area contributed by atoms with Crippen LogP contribution in [0.1, 0.15) is 5.56 Å². The molecule has 0 N–H and O–H groups in total. The number of hydrogen-bond acceptors (Lipinski definition) is 3. The van der Waals surface area contributed by atoms with E-state index in [4.69, 9.17) is 4.74 Å². The number of ether oxygens (including phenoxy) is 1. The first-order chi connectivity index (χ1) is 9.58. The van der Waals surface area contributed by atoms with E-state index in [9.17, 15) is 9.59 Å². The van der Waals surface area contributed by atoms with E-state index in [0.717, 1.165) is 10.0 Å². The fourth-order valence-corrected chi connectivity index (χ4v) is 3.57. The summed E-state index contributed by atoms with van der Waals surface area (Å²) in [6.07, 6.45) is 3.33. The van der Waals surface area contributed by atoms with Gasteiger partial charge in [-0.1, -0.05) is 28.1 Å². The van der Waals surface area contributed by atoms with Crippen LogP contribution >= 0.6 is 15.9 Å². The van der Waals surface area contributed by atoms with Crippen molar-refractivity contribution in [1.82, 2.24) is 0 Å². The van der Waals surface area contributed by atoms with Crippen LogP contribution in [0.2, 0.25) is 0 Å². The van der Waals surface area contributed by atoms with Crippen LogP contribution in [-0.2, 0) is 14.3 Å².